The van der Waals surface area contributed by atoms with Gasteiger partial charge in [-0.15, -0.1) is 0 Å². The van der Waals surface area contributed by atoms with E-state index < -0.39 is 0 Å². The minimum Gasteiger partial charge on any atom is -0.497 e. The van der Waals surface area contributed by atoms with Crippen LogP contribution in [-0.2, 0) is 24.2 Å². The van der Waals surface area contributed by atoms with Gasteiger partial charge in [0.2, 0.25) is 11.8 Å². The standard InChI is InChI=1S/C28H30N4O3/c1-4-25-24(16-17-27(33)30-19-21-10-7-8-18-29-21)28(35-26-11-6-5-9-20(26)2)32(31-25)22-12-14-23(34-3)15-13-22/h5-15,18H,4,16-17,19H2,1-3H3,(H,30,33). The molecule has 0 unspecified atom stereocenters. The van der Waals surface area contributed by atoms with Crippen LogP contribution in [-0.4, -0.2) is 27.8 Å². The molecule has 7 heteroatoms. The normalized spacial score (nSPS) is 10.7. The summed E-state index contributed by atoms with van der Waals surface area (Å²) in [6, 6.07) is 21.2. The molecule has 0 atom stereocenters. The van der Waals surface area contributed by atoms with Gasteiger partial charge in [-0.05, 0) is 67.8 Å². The SMILES string of the molecule is CCc1nn(-c2ccc(OC)cc2)c(Oc2ccccc2C)c1CCC(=O)NCc1ccccn1. The van der Waals surface area contributed by atoms with E-state index >= 15 is 0 Å². The highest BCUT2D eigenvalue weighted by atomic mass is 16.5. The third-order valence-electron chi connectivity index (χ3n) is 5.77. The second-order valence-corrected chi connectivity index (χ2v) is 8.16. The van der Waals surface area contributed by atoms with Crippen LogP contribution in [0.25, 0.3) is 5.69 Å². The van der Waals surface area contributed by atoms with Gasteiger partial charge < -0.3 is 14.8 Å². The maximum Gasteiger partial charge on any atom is 0.226 e. The summed E-state index contributed by atoms with van der Waals surface area (Å²) in [6.07, 6.45) is 3.27. The van der Waals surface area contributed by atoms with Gasteiger partial charge in [-0.1, -0.05) is 31.2 Å². The first-order valence-electron chi connectivity index (χ1n) is 11.7. The lowest BCUT2D eigenvalue weighted by Gasteiger charge is -2.13. The Morgan fingerprint density at radius 3 is 2.49 bits per heavy atom. The van der Waals surface area contributed by atoms with Gasteiger partial charge in [-0.25, -0.2) is 4.68 Å². The number of methoxy groups -OCH3 is 1. The summed E-state index contributed by atoms with van der Waals surface area (Å²) in [5.41, 5.74) is 4.54. The largest absolute Gasteiger partial charge is 0.497 e. The Labute approximate surface area is 205 Å². The van der Waals surface area contributed by atoms with Gasteiger partial charge in [-0.3, -0.25) is 9.78 Å². The van der Waals surface area contributed by atoms with Gasteiger partial charge in [0.25, 0.3) is 0 Å². The van der Waals surface area contributed by atoms with Crippen molar-refractivity contribution >= 4 is 5.91 Å². The topological polar surface area (TPSA) is 78.3 Å². The summed E-state index contributed by atoms with van der Waals surface area (Å²) in [6.45, 7) is 4.47. The summed E-state index contributed by atoms with van der Waals surface area (Å²) >= 11 is 0. The number of hydrogen-bond donors (Lipinski definition) is 1. The number of nitrogens with zero attached hydrogens (tertiary/aromatic N) is 3. The number of carbonyl (C=O) groups excluding carboxylic acids is 1. The average Bonchev–Trinajstić information content (AvgIpc) is 3.25. The van der Waals surface area contributed by atoms with Gasteiger partial charge in [0.15, 0.2) is 0 Å². The van der Waals surface area contributed by atoms with Crippen LogP contribution in [0.1, 0.15) is 35.9 Å². The first-order chi connectivity index (χ1) is 17.1. The number of nitrogens with one attached hydrogen (secondary N) is 1. The fourth-order valence-electron chi connectivity index (χ4n) is 3.81. The molecule has 2 aromatic heterocycles. The lowest BCUT2D eigenvalue weighted by atomic mass is 10.1. The van der Waals surface area contributed by atoms with Crippen molar-refractivity contribution in [1.82, 2.24) is 20.1 Å². The van der Waals surface area contributed by atoms with E-state index in [1.165, 1.54) is 0 Å². The van der Waals surface area contributed by atoms with Crippen LogP contribution in [0.5, 0.6) is 17.4 Å². The lowest BCUT2D eigenvalue weighted by Crippen LogP contribution is -2.23. The highest BCUT2D eigenvalue weighted by molar-refractivity contribution is 5.76. The number of para-hydroxylation sites is 1. The van der Waals surface area contributed by atoms with E-state index in [2.05, 4.69) is 17.2 Å². The Morgan fingerprint density at radius 2 is 1.80 bits per heavy atom. The second kappa shape index (κ2) is 11.3. The molecule has 0 radical (unpaired) electrons. The van der Waals surface area contributed by atoms with E-state index in [1.807, 2.05) is 78.3 Å². The molecule has 0 aliphatic rings. The number of hydrogen-bond acceptors (Lipinski definition) is 5. The molecule has 2 aromatic carbocycles. The van der Waals surface area contributed by atoms with Crippen LogP contribution in [0.2, 0.25) is 0 Å². The Hall–Kier alpha value is -4.13. The summed E-state index contributed by atoms with van der Waals surface area (Å²) in [4.78, 5) is 16.9. The van der Waals surface area contributed by atoms with Crippen molar-refractivity contribution < 1.29 is 14.3 Å². The molecule has 180 valence electrons. The molecule has 1 amide bonds. The van der Waals surface area contributed by atoms with Crippen LogP contribution < -0.4 is 14.8 Å². The van der Waals surface area contributed by atoms with E-state index in [4.69, 9.17) is 14.6 Å². The number of amides is 1. The number of carbonyl (C=O) groups is 1. The molecule has 0 aliphatic heterocycles. The quantitative estimate of drug-likeness (QED) is 0.345. The average molecular weight is 471 g/mol. The second-order valence-electron chi connectivity index (χ2n) is 8.16. The van der Waals surface area contributed by atoms with Crippen LogP contribution in [0, 0.1) is 6.92 Å². The number of benzene rings is 2. The molecular weight excluding hydrogens is 440 g/mol. The number of ether oxygens (including phenoxy) is 2. The summed E-state index contributed by atoms with van der Waals surface area (Å²) in [5.74, 6) is 2.10. The van der Waals surface area contributed by atoms with Crippen molar-refractivity contribution in [2.75, 3.05) is 7.11 Å². The summed E-state index contributed by atoms with van der Waals surface area (Å²) in [5, 5.41) is 7.81. The minimum absolute atomic E-state index is 0.0447. The molecule has 0 aliphatic carbocycles. The van der Waals surface area contributed by atoms with E-state index in [1.54, 1.807) is 13.3 Å². The zero-order valence-electron chi connectivity index (χ0n) is 20.3. The molecule has 4 rings (SSSR count). The Balaban J connectivity index is 1.61. The van der Waals surface area contributed by atoms with Crippen LogP contribution in [0.4, 0.5) is 0 Å². The Bertz CT molecular complexity index is 1270. The fourth-order valence-corrected chi connectivity index (χ4v) is 3.81. The molecular formula is C28H30N4O3. The third kappa shape index (κ3) is 5.87. The van der Waals surface area contributed by atoms with Gasteiger partial charge in [-0.2, -0.15) is 5.10 Å². The van der Waals surface area contributed by atoms with Gasteiger partial charge in [0.1, 0.15) is 11.5 Å². The Kier molecular flexibility index (Phi) is 7.77. The molecule has 2 heterocycles. The smallest absolute Gasteiger partial charge is 0.226 e. The minimum atomic E-state index is -0.0447. The van der Waals surface area contributed by atoms with Crippen LogP contribution in [0.3, 0.4) is 0 Å². The molecule has 0 spiro atoms. The predicted octanol–water partition coefficient (Wildman–Crippen LogP) is 5.19. The Morgan fingerprint density at radius 1 is 1.03 bits per heavy atom. The predicted molar refractivity (Wildman–Crippen MR) is 135 cm³/mol. The van der Waals surface area contributed by atoms with Gasteiger partial charge in [0, 0.05) is 18.2 Å². The van der Waals surface area contributed by atoms with E-state index in [9.17, 15) is 4.79 Å². The zero-order valence-corrected chi connectivity index (χ0v) is 20.3. The first kappa shape index (κ1) is 24.0. The monoisotopic (exact) mass is 470 g/mol. The number of aromatic nitrogens is 3. The van der Waals surface area contributed by atoms with Crippen molar-refractivity contribution in [2.45, 2.75) is 39.7 Å². The van der Waals surface area contributed by atoms with Crippen LogP contribution in [0.15, 0.2) is 72.9 Å². The fraction of sp³-hybridized carbons (Fsp3) is 0.250. The number of pyridine rings is 1. The van der Waals surface area contributed by atoms with Gasteiger partial charge >= 0.3 is 0 Å². The molecule has 0 fully saturated rings. The number of rotatable bonds is 10. The maximum absolute atomic E-state index is 12.6. The molecule has 1 N–H and O–H groups in total. The molecule has 0 saturated heterocycles. The number of aryl methyl sites for hydroxylation is 2. The van der Waals surface area contributed by atoms with Gasteiger partial charge in [0.05, 0.1) is 30.7 Å². The third-order valence-corrected chi connectivity index (χ3v) is 5.77. The molecule has 0 saturated carbocycles. The van der Waals surface area contributed by atoms with Crippen molar-refractivity contribution in [3.05, 3.63) is 95.4 Å². The van der Waals surface area contributed by atoms with E-state index in [-0.39, 0.29) is 5.91 Å². The zero-order chi connectivity index (χ0) is 24.6. The highest BCUT2D eigenvalue weighted by Crippen LogP contribution is 2.33. The lowest BCUT2D eigenvalue weighted by molar-refractivity contribution is -0.121. The first-order valence-corrected chi connectivity index (χ1v) is 11.7. The van der Waals surface area contributed by atoms with Crippen LogP contribution >= 0.6 is 0 Å². The van der Waals surface area contributed by atoms with E-state index in [0.717, 1.165) is 46.1 Å². The van der Waals surface area contributed by atoms with Crippen molar-refractivity contribution in [1.29, 1.82) is 0 Å². The van der Waals surface area contributed by atoms with Crippen molar-refractivity contribution in [3.63, 3.8) is 0 Å². The summed E-state index contributed by atoms with van der Waals surface area (Å²) in [7, 11) is 1.64. The summed E-state index contributed by atoms with van der Waals surface area (Å²) < 4.78 is 13.6. The molecule has 0 bridgehead atoms. The van der Waals surface area contributed by atoms with Crippen molar-refractivity contribution in [3.8, 4) is 23.1 Å². The maximum atomic E-state index is 12.6. The highest BCUT2D eigenvalue weighted by Gasteiger charge is 2.21. The van der Waals surface area contributed by atoms with Crippen molar-refractivity contribution in [2.24, 2.45) is 0 Å². The molecule has 35 heavy (non-hydrogen) atoms. The molecule has 4 aromatic rings. The van der Waals surface area contributed by atoms with E-state index in [0.29, 0.717) is 25.3 Å². The molecule has 7 nitrogen and oxygen atoms in total.